The third-order valence-electron chi connectivity index (χ3n) is 4.01. The van der Waals surface area contributed by atoms with Crippen molar-refractivity contribution in [3.63, 3.8) is 0 Å². The molecule has 1 aromatic heterocycles. The number of carbonyl (C=O) groups excluding carboxylic acids is 1. The molecule has 2 heterocycles. The summed E-state index contributed by atoms with van der Waals surface area (Å²) in [5, 5.41) is 7.58. The predicted molar refractivity (Wildman–Crippen MR) is 107 cm³/mol. The van der Waals surface area contributed by atoms with E-state index in [-0.39, 0.29) is 17.6 Å². The van der Waals surface area contributed by atoms with Gasteiger partial charge in [0.1, 0.15) is 0 Å². The van der Waals surface area contributed by atoms with Crippen molar-refractivity contribution in [2.45, 2.75) is 18.9 Å². The van der Waals surface area contributed by atoms with Gasteiger partial charge in [-0.2, -0.15) is 5.10 Å². The number of nitrogens with zero attached hydrogens (tertiary/aromatic N) is 1. The van der Waals surface area contributed by atoms with Gasteiger partial charge < -0.3 is 23.9 Å². The van der Waals surface area contributed by atoms with Crippen molar-refractivity contribution >= 4 is 29.5 Å². The highest BCUT2D eigenvalue weighted by molar-refractivity contribution is 7.80. The van der Waals surface area contributed by atoms with Crippen LogP contribution in [0, 0.1) is 0 Å². The lowest BCUT2D eigenvalue weighted by Gasteiger charge is -2.11. The minimum absolute atomic E-state index is 0.112. The van der Waals surface area contributed by atoms with Crippen LogP contribution in [-0.2, 0) is 4.74 Å². The van der Waals surface area contributed by atoms with Gasteiger partial charge >= 0.3 is 5.97 Å². The molecular formula is C19H21N3O5S. The average molecular weight is 403 g/mol. The third-order valence-corrected chi connectivity index (χ3v) is 4.24. The Morgan fingerprint density at radius 3 is 3.00 bits per heavy atom. The highest BCUT2D eigenvalue weighted by Gasteiger charge is 2.16. The van der Waals surface area contributed by atoms with Crippen molar-refractivity contribution in [2.75, 3.05) is 20.3 Å². The molecule has 1 aliphatic heterocycles. The molecule has 9 heteroatoms. The molecule has 0 unspecified atom stereocenters. The highest BCUT2D eigenvalue weighted by atomic mass is 32.1. The number of nitrogens with one attached hydrogen (secondary N) is 2. The van der Waals surface area contributed by atoms with E-state index in [1.165, 1.54) is 19.4 Å². The van der Waals surface area contributed by atoms with Crippen LogP contribution in [0.1, 0.15) is 29.0 Å². The van der Waals surface area contributed by atoms with Crippen LogP contribution < -0.4 is 20.2 Å². The first-order chi connectivity index (χ1) is 13.7. The first kappa shape index (κ1) is 19.8. The van der Waals surface area contributed by atoms with Crippen LogP contribution >= 0.6 is 12.2 Å². The standard InChI is InChI=1S/C19H21N3O5S/c1-24-17-10-13(6-7-15(17)27-18(23)16-5-3-9-26-16)11-21-22-19(28)20-12-14-4-2-8-25-14/h3,5-7,9-11,14H,2,4,8,12H2,1H3,(H2,20,22,28)/b21-11-/t14-/m1/s1. The molecule has 3 rings (SSSR count). The first-order valence-corrected chi connectivity index (χ1v) is 9.19. The Morgan fingerprint density at radius 1 is 1.39 bits per heavy atom. The number of furan rings is 1. The highest BCUT2D eigenvalue weighted by Crippen LogP contribution is 2.28. The van der Waals surface area contributed by atoms with E-state index in [0.717, 1.165) is 25.0 Å². The molecule has 0 saturated carbocycles. The molecule has 0 spiro atoms. The van der Waals surface area contributed by atoms with Crippen LogP contribution in [0.4, 0.5) is 0 Å². The van der Waals surface area contributed by atoms with Gasteiger partial charge in [-0.3, -0.25) is 5.43 Å². The van der Waals surface area contributed by atoms with E-state index in [4.69, 9.17) is 30.8 Å². The van der Waals surface area contributed by atoms with Gasteiger partial charge in [0.15, 0.2) is 16.6 Å². The molecule has 0 aliphatic carbocycles. The zero-order chi connectivity index (χ0) is 19.8. The van der Waals surface area contributed by atoms with E-state index >= 15 is 0 Å². The van der Waals surface area contributed by atoms with Crippen molar-refractivity contribution in [3.8, 4) is 11.5 Å². The van der Waals surface area contributed by atoms with Gasteiger partial charge in [0, 0.05) is 13.2 Å². The maximum absolute atomic E-state index is 12.0. The molecule has 2 aromatic rings. The Hall–Kier alpha value is -2.91. The molecule has 148 valence electrons. The summed E-state index contributed by atoms with van der Waals surface area (Å²) in [4.78, 5) is 12.0. The number of rotatable bonds is 7. The van der Waals surface area contributed by atoms with E-state index < -0.39 is 5.97 Å². The lowest BCUT2D eigenvalue weighted by Crippen LogP contribution is -2.37. The molecule has 0 bridgehead atoms. The number of esters is 1. The molecule has 8 nitrogen and oxygen atoms in total. The van der Waals surface area contributed by atoms with Crippen LogP contribution in [0.2, 0.25) is 0 Å². The van der Waals surface area contributed by atoms with Crippen LogP contribution in [0.5, 0.6) is 11.5 Å². The maximum atomic E-state index is 12.0. The number of ether oxygens (including phenoxy) is 3. The fraction of sp³-hybridized carbons (Fsp3) is 0.316. The summed E-state index contributed by atoms with van der Waals surface area (Å²) < 4.78 is 21.1. The number of carbonyl (C=O) groups is 1. The van der Waals surface area contributed by atoms with Crippen LogP contribution in [0.15, 0.2) is 46.1 Å². The number of hydrazone groups is 1. The van der Waals surface area contributed by atoms with E-state index in [1.54, 1.807) is 30.5 Å². The zero-order valence-electron chi connectivity index (χ0n) is 15.3. The van der Waals surface area contributed by atoms with Crippen molar-refractivity contribution in [2.24, 2.45) is 5.10 Å². The molecule has 1 aromatic carbocycles. The fourth-order valence-electron chi connectivity index (χ4n) is 2.61. The van der Waals surface area contributed by atoms with Crippen LogP contribution in [-0.4, -0.2) is 43.7 Å². The van der Waals surface area contributed by atoms with Crippen molar-refractivity contribution in [1.82, 2.24) is 10.7 Å². The summed E-state index contributed by atoms with van der Waals surface area (Å²) in [6.07, 6.45) is 5.31. The lowest BCUT2D eigenvalue weighted by molar-refractivity contribution is 0.0696. The molecule has 1 saturated heterocycles. The minimum Gasteiger partial charge on any atom is -0.493 e. The monoisotopic (exact) mass is 403 g/mol. The molecule has 0 radical (unpaired) electrons. The summed E-state index contributed by atoms with van der Waals surface area (Å²) >= 11 is 5.18. The largest absolute Gasteiger partial charge is 0.493 e. The van der Waals surface area contributed by atoms with E-state index in [2.05, 4.69) is 15.8 Å². The van der Waals surface area contributed by atoms with E-state index in [0.29, 0.717) is 17.4 Å². The number of methoxy groups -OCH3 is 1. The summed E-state index contributed by atoms with van der Waals surface area (Å²) in [6, 6.07) is 8.19. The number of thiocarbonyl (C=S) groups is 1. The van der Waals surface area contributed by atoms with Crippen molar-refractivity contribution < 1.29 is 23.4 Å². The van der Waals surface area contributed by atoms with Gasteiger partial charge in [-0.05, 0) is 61.0 Å². The number of hydrogen-bond donors (Lipinski definition) is 2. The lowest BCUT2D eigenvalue weighted by atomic mass is 10.2. The van der Waals surface area contributed by atoms with Gasteiger partial charge in [0.25, 0.3) is 0 Å². The molecule has 0 amide bonds. The SMILES string of the molecule is COc1cc(/C=N\NC(=S)NC[C@H]2CCCO2)ccc1OC(=O)c1ccco1. The normalized spacial score (nSPS) is 16.1. The van der Waals surface area contributed by atoms with Gasteiger partial charge in [0.05, 0.1) is 25.7 Å². The Labute approximate surface area is 167 Å². The fourth-order valence-corrected chi connectivity index (χ4v) is 2.75. The van der Waals surface area contributed by atoms with Gasteiger partial charge in [-0.15, -0.1) is 0 Å². The van der Waals surface area contributed by atoms with Gasteiger partial charge in [-0.25, -0.2) is 4.79 Å². The Bertz CT molecular complexity index is 832. The van der Waals surface area contributed by atoms with Gasteiger partial charge in [-0.1, -0.05) is 0 Å². The molecule has 1 aliphatic rings. The summed E-state index contributed by atoms with van der Waals surface area (Å²) in [7, 11) is 1.49. The summed E-state index contributed by atoms with van der Waals surface area (Å²) in [5.41, 5.74) is 3.49. The second-order valence-corrected chi connectivity index (χ2v) is 6.40. The second kappa shape index (κ2) is 9.86. The quantitative estimate of drug-likeness (QED) is 0.239. The van der Waals surface area contributed by atoms with E-state index in [9.17, 15) is 4.79 Å². The molecular weight excluding hydrogens is 382 g/mol. The zero-order valence-corrected chi connectivity index (χ0v) is 16.2. The Balaban J connectivity index is 1.53. The second-order valence-electron chi connectivity index (χ2n) is 5.99. The van der Waals surface area contributed by atoms with Crippen LogP contribution in [0.25, 0.3) is 0 Å². The first-order valence-electron chi connectivity index (χ1n) is 8.78. The molecule has 1 atom stereocenters. The third kappa shape index (κ3) is 5.54. The molecule has 2 N–H and O–H groups in total. The predicted octanol–water partition coefficient (Wildman–Crippen LogP) is 2.48. The average Bonchev–Trinajstić information content (AvgIpc) is 3.41. The molecule has 28 heavy (non-hydrogen) atoms. The van der Waals surface area contributed by atoms with E-state index in [1.807, 2.05) is 0 Å². The smallest absolute Gasteiger partial charge is 0.379 e. The topological polar surface area (TPSA) is 94.3 Å². The van der Waals surface area contributed by atoms with Crippen molar-refractivity contribution in [3.05, 3.63) is 47.9 Å². The van der Waals surface area contributed by atoms with Gasteiger partial charge in [0.2, 0.25) is 5.76 Å². The summed E-state index contributed by atoms with van der Waals surface area (Å²) in [5.74, 6) is 0.181. The Kier molecular flexibility index (Phi) is 6.99. The number of hydrogen-bond acceptors (Lipinski definition) is 7. The maximum Gasteiger partial charge on any atom is 0.379 e. The molecule has 1 fully saturated rings. The minimum atomic E-state index is -0.603. The van der Waals surface area contributed by atoms with Crippen molar-refractivity contribution in [1.29, 1.82) is 0 Å². The summed E-state index contributed by atoms with van der Waals surface area (Å²) in [6.45, 7) is 1.46. The number of benzene rings is 1. The Morgan fingerprint density at radius 2 is 2.29 bits per heavy atom. The van der Waals surface area contributed by atoms with Crippen LogP contribution in [0.3, 0.4) is 0 Å².